The van der Waals surface area contributed by atoms with Crippen molar-refractivity contribution >= 4 is 24.2 Å². The standard InChI is InChI=1S/C15H13FN4O5/c16-12-3-10(19-7-11(5-17-8-21)25-15(19)24)1-2-13(12)20-6-9(4-18-20)14(22)23/h1-4,6,8,11H,5,7H2,(H,17,21)(H,22,23). The van der Waals surface area contributed by atoms with Crippen molar-refractivity contribution in [2.45, 2.75) is 6.10 Å². The number of ether oxygens (including phenoxy) is 1. The van der Waals surface area contributed by atoms with Gasteiger partial charge in [-0.1, -0.05) is 0 Å². The molecule has 1 aliphatic heterocycles. The van der Waals surface area contributed by atoms with E-state index in [0.717, 1.165) is 16.9 Å². The fraction of sp³-hybridized carbons (Fsp3) is 0.200. The van der Waals surface area contributed by atoms with Crippen LogP contribution in [0.5, 0.6) is 0 Å². The number of benzene rings is 1. The Balaban J connectivity index is 1.81. The molecule has 1 aromatic heterocycles. The molecule has 0 saturated carbocycles. The fourth-order valence-corrected chi connectivity index (χ4v) is 2.43. The van der Waals surface area contributed by atoms with Crippen LogP contribution in [0.1, 0.15) is 10.4 Å². The normalized spacial score (nSPS) is 16.6. The summed E-state index contributed by atoms with van der Waals surface area (Å²) in [5, 5.41) is 15.1. The van der Waals surface area contributed by atoms with Crippen molar-refractivity contribution in [3.8, 4) is 5.69 Å². The molecule has 2 amide bonds. The Morgan fingerprint density at radius 2 is 2.32 bits per heavy atom. The number of cyclic esters (lactones) is 1. The van der Waals surface area contributed by atoms with Gasteiger partial charge in [0, 0.05) is 6.20 Å². The molecule has 0 aliphatic carbocycles. The zero-order valence-corrected chi connectivity index (χ0v) is 12.8. The number of nitrogens with zero attached hydrogens (tertiary/aromatic N) is 3. The molecule has 0 radical (unpaired) electrons. The summed E-state index contributed by atoms with van der Waals surface area (Å²) in [5.41, 5.74) is 0.255. The molecule has 130 valence electrons. The third-order valence-corrected chi connectivity index (χ3v) is 3.62. The van der Waals surface area contributed by atoms with Crippen molar-refractivity contribution in [2.75, 3.05) is 18.0 Å². The number of hydrogen-bond donors (Lipinski definition) is 2. The summed E-state index contributed by atoms with van der Waals surface area (Å²) in [7, 11) is 0. The number of aromatic nitrogens is 2. The number of anilines is 1. The number of halogens is 1. The van der Waals surface area contributed by atoms with Crippen LogP contribution in [0.25, 0.3) is 5.69 Å². The Morgan fingerprint density at radius 3 is 2.96 bits per heavy atom. The third kappa shape index (κ3) is 3.27. The molecule has 25 heavy (non-hydrogen) atoms. The second-order valence-corrected chi connectivity index (χ2v) is 5.26. The number of carbonyl (C=O) groups excluding carboxylic acids is 2. The first kappa shape index (κ1) is 16.4. The lowest BCUT2D eigenvalue weighted by atomic mass is 10.2. The number of carboxylic acid groups (broad SMARTS) is 1. The molecule has 1 fully saturated rings. The van der Waals surface area contributed by atoms with Gasteiger partial charge < -0.3 is 15.2 Å². The van der Waals surface area contributed by atoms with E-state index in [2.05, 4.69) is 10.4 Å². The summed E-state index contributed by atoms with van der Waals surface area (Å²) < 4.78 is 20.6. The van der Waals surface area contributed by atoms with Gasteiger partial charge in [-0.2, -0.15) is 5.10 Å². The zero-order valence-electron chi connectivity index (χ0n) is 12.8. The van der Waals surface area contributed by atoms with Crippen LogP contribution in [-0.2, 0) is 9.53 Å². The molecule has 2 aromatic rings. The molecule has 10 heteroatoms. The van der Waals surface area contributed by atoms with Gasteiger partial charge in [-0.3, -0.25) is 9.69 Å². The summed E-state index contributed by atoms with van der Waals surface area (Å²) in [6, 6.07) is 4.01. The minimum Gasteiger partial charge on any atom is -0.478 e. The van der Waals surface area contributed by atoms with Crippen molar-refractivity contribution in [2.24, 2.45) is 0 Å². The number of rotatable bonds is 6. The SMILES string of the molecule is O=CNCC1CN(c2ccc(-n3cc(C(=O)O)cn3)c(F)c2)C(=O)O1. The molecule has 2 heterocycles. The van der Waals surface area contributed by atoms with Gasteiger partial charge in [-0.25, -0.2) is 18.7 Å². The number of aromatic carboxylic acids is 1. The molecule has 3 rings (SSSR count). The Labute approximate surface area is 140 Å². The Bertz CT molecular complexity index is 837. The number of carboxylic acids is 1. The van der Waals surface area contributed by atoms with Crippen LogP contribution in [0.3, 0.4) is 0 Å². The van der Waals surface area contributed by atoms with Gasteiger partial charge in [0.2, 0.25) is 6.41 Å². The predicted molar refractivity (Wildman–Crippen MR) is 82.2 cm³/mol. The lowest BCUT2D eigenvalue weighted by molar-refractivity contribution is -0.109. The summed E-state index contributed by atoms with van der Waals surface area (Å²) in [4.78, 5) is 34.3. The minimum atomic E-state index is -1.17. The van der Waals surface area contributed by atoms with Gasteiger partial charge in [-0.15, -0.1) is 0 Å². The molecule has 0 spiro atoms. The maximum absolute atomic E-state index is 14.4. The molecule has 9 nitrogen and oxygen atoms in total. The van der Waals surface area contributed by atoms with Crippen LogP contribution in [0, 0.1) is 5.82 Å². The molecule has 1 aliphatic rings. The van der Waals surface area contributed by atoms with E-state index < -0.39 is 24.0 Å². The van der Waals surface area contributed by atoms with E-state index in [0.29, 0.717) is 6.41 Å². The average Bonchev–Trinajstić information content (AvgIpc) is 3.20. The van der Waals surface area contributed by atoms with Crippen molar-refractivity contribution in [1.29, 1.82) is 0 Å². The van der Waals surface area contributed by atoms with Crippen LogP contribution >= 0.6 is 0 Å². The molecule has 0 bridgehead atoms. The van der Waals surface area contributed by atoms with E-state index in [1.807, 2.05) is 0 Å². The summed E-state index contributed by atoms with van der Waals surface area (Å²) in [6.07, 6.45) is 1.63. The molecule has 1 atom stereocenters. The van der Waals surface area contributed by atoms with Gasteiger partial charge >= 0.3 is 12.1 Å². The van der Waals surface area contributed by atoms with Crippen LogP contribution < -0.4 is 10.2 Å². The number of nitrogens with one attached hydrogen (secondary N) is 1. The lowest BCUT2D eigenvalue weighted by Crippen LogP contribution is -2.30. The monoisotopic (exact) mass is 348 g/mol. The maximum atomic E-state index is 14.4. The van der Waals surface area contributed by atoms with Crippen LogP contribution in [-0.4, -0.2) is 52.6 Å². The molecular formula is C15H13FN4O5. The smallest absolute Gasteiger partial charge is 0.414 e. The van der Waals surface area contributed by atoms with Crippen molar-refractivity contribution < 1.29 is 28.6 Å². The van der Waals surface area contributed by atoms with E-state index in [1.165, 1.54) is 23.2 Å². The highest BCUT2D eigenvalue weighted by molar-refractivity contribution is 5.90. The highest BCUT2D eigenvalue weighted by Gasteiger charge is 2.32. The first-order chi connectivity index (χ1) is 12.0. The van der Waals surface area contributed by atoms with E-state index in [-0.39, 0.29) is 30.0 Å². The zero-order chi connectivity index (χ0) is 18.0. The molecule has 1 saturated heterocycles. The number of hydrogen-bond acceptors (Lipinski definition) is 5. The Morgan fingerprint density at radius 1 is 1.52 bits per heavy atom. The molecular weight excluding hydrogens is 335 g/mol. The minimum absolute atomic E-state index is 0.0444. The van der Waals surface area contributed by atoms with Crippen LogP contribution in [0.15, 0.2) is 30.6 Å². The van der Waals surface area contributed by atoms with Gasteiger partial charge in [0.25, 0.3) is 0 Å². The lowest BCUT2D eigenvalue weighted by Gasteiger charge is -2.14. The summed E-state index contributed by atoms with van der Waals surface area (Å²) >= 11 is 0. The quantitative estimate of drug-likeness (QED) is 0.746. The predicted octanol–water partition coefficient (Wildman–Crippen LogP) is 0.781. The second-order valence-electron chi connectivity index (χ2n) is 5.26. The second kappa shape index (κ2) is 6.59. The highest BCUT2D eigenvalue weighted by Crippen LogP contribution is 2.25. The Hall–Kier alpha value is -3.43. The van der Waals surface area contributed by atoms with Crippen LogP contribution in [0.2, 0.25) is 0 Å². The van der Waals surface area contributed by atoms with E-state index in [1.54, 1.807) is 0 Å². The summed E-state index contributed by atoms with van der Waals surface area (Å²) in [5.74, 6) is -1.85. The maximum Gasteiger partial charge on any atom is 0.414 e. The van der Waals surface area contributed by atoms with Gasteiger partial charge in [0.15, 0.2) is 5.82 Å². The van der Waals surface area contributed by atoms with Crippen molar-refractivity contribution in [3.05, 3.63) is 42.0 Å². The van der Waals surface area contributed by atoms with Gasteiger partial charge in [0.05, 0.1) is 30.5 Å². The van der Waals surface area contributed by atoms with Gasteiger partial charge in [0.1, 0.15) is 11.8 Å². The van der Waals surface area contributed by atoms with Crippen molar-refractivity contribution in [1.82, 2.24) is 15.1 Å². The molecule has 1 unspecified atom stereocenters. The van der Waals surface area contributed by atoms with E-state index in [9.17, 15) is 18.8 Å². The van der Waals surface area contributed by atoms with E-state index >= 15 is 0 Å². The van der Waals surface area contributed by atoms with Crippen molar-refractivity contribution in [3.63, 3.8) is 0 Å². The summed E-state index contributed by atoms with van der Waals surface area (Å²) in [6.45, 7) is 0.334. The first-order valence-electron chi connectivity index (χ1n) is 7.22. The highest BCUT2D eigenvalue weighted by atomic mass is 19.1. The van der Waals surface area contributed by atoms with Crippen LogP contribution in [0.4, 0.5) is 14.9 Å². The fourth-order valence-electron chi connectivity index (χ4n) is 2.43. The molecule has 2 N–H and O–H groups in total. The number of amides is 2. The van der Waals surface area contributed by atoms with Gasteiger partial charge in [-0.05, 0) is 18.2 Å². The van der Waals surface area contributed by atoms with E-state index in [4.69, 9.17) is 9.84 Å². The first-order valence-corrected chi connectivity index (χ1v) is 7.22. The number of carbonyl (C=O) groups is 3. The Kier molecular flexibility index (Phi) is 4.33. The average molecular weight is 348 g/mol. The largest absolute Gasteiger partial charge is 0.478 e. The third-order valence-electron chi connectivity index (χ3n) is 3.62. The molecule has 1 aromatic carbocycles. The topological polar surface area (TPSA) is 114 Å².